The van der Waals surface area contributed by atoms with Crippen molar-refractivity contribution in [2.24, 2.45) is 5.92 Å². The Bertz CT molecular complexity index is 1040. The maximum absolute atomic E-state index is 12.8. The summed E-state index contributed by atoms with van der Waals surface area (Å²) in [5, 5.41) is 5.29. The standard InChI is InChI=1S/C21H22N4O2/c1-15-4-7-20(26)25(23-15)14-16-8-11-24(12-9-16)21(27)18-5-6-19-17(13-18)3-2-10-22-19/h2-7,10,13,16H,8-9,11-12,14H2,1H3. The third kappa shape index (κ3) is 3.74. The molecule has 138 valence electrons. The van der Waals surface area contributed by atoms with Gasteiger partial charge in [0, 0.05) is 42.8 Å². The van der Waals surface area contributed by atoms with Crippen molar-refractivity contribution in [1.29, 1.82) is 0 Å². The lowest BCUT2D eigenvalue weighted by Crippen LogP contribution is -2.40. The Morgan fingerprint density at radius 3 is 2.78 bits per heavy atom. The van der Waals surface area contributed by atoms with Crippen LogP contribution in [0.1, 0.15) is 28.9 Å². The van der Waals surface area contributed by atoms with Crippen molar-refractivity contribution in [3.05, 3.63) is 70.3 Å². The fourth-order valence-corrected chi connectivity index (χ4v) is 3.64. The highest BCUT2D eigenvalue weighted by Crippen LogP contribution is 2.21. The molecule has 0 spiro atoms. The lowest BCUT2D eigenvalue weighted by atomic mass is 9.96. The summed E-state index contributed by atoms with van der Waals surface area (Å²) in [6, 6.07) is 12.8. The Labute approximate surface area is 157 Å². The van der Waals surface area contributed by atoms with Crippen molar-refractivity contribution in [2.45, 2.75) is 26.3 Å². The van der Waals surface area contributed by atoms with Crippen LogP contribution >= 0.6 is 0 Å². The quantitative estimate of drug-likeness (QED) is 0.718. The molecule has 0 radical (unpaired) electrons. The predicted octanol–water partition coefficient (Wildman–Crippen LogP) is 2.65. The fraction of sp³-hybridized carbons (Fsp3) is 0.333. The average Bonchev–Trinajstić information content (AvgIpc) is 2.70. The Kier molecular flexibility index (Phi) is 4.71. The molecule has 0 unspecified atom stereocenters. The topological polar surface area (TPSA) is 68.1 Å². The molecule has 1 aliphatic heterocycles. The van der Waals surface area contributed by atoms with Gasteiger partial charge < -0.3 is 4.90 Å². The molecule has 1 aliphatic rings. The van der Waals surface area contributed by atoms with Crippen molar-refractivity contribution in [3.63, 3.8) is 0 Å². The molecule has 4 rings (SSSR count). The van der Waals surface area contributed by atoms with Gasteiger partial charge in [-0.25, -0.2) is 4.68 Å². The van der Waals surface area contributed by atoms with Crippen LogP contribution in [0.25, 0.3) is 10.9 Å². The van der Waals surface area contributed by atoms with Crippen molar-refractivity contribution in [3.8, 4) is 0 Å². The Balaban J connectivity index is 1.41. The summed E-state index contributed by atoms with van der Waals surface area (Å²) in [7, 11) is 0. The van der Waals surface area contributed by atoms with E-state index in [1.54, 1.807) is 23.0 Å². The zero-order chi connectivity index (χ0) is 18.8. The van der Waals surface area contributed by atoms with Crippen LogP contribution in [0.2, 0.25) is 0 Å². The van der Waals surface area contributed by atoms with Crippen molar-refractivity contribution in [2.75, 3.05) is 13.1 Å². The first-order chi connectivity index (χ1) is 13.1. The second-order valence-electron chi connectivity index (χ2n) is 7.14. The zero-order valence-corrected chi connectivity index (χ0v) is 15.3. The first-order valence-electron chi connectivity index (χ1n) is 9.29. The maximum atomic E-state index is 12.8. The van der Waals surface area contributed by atoms with Crippen molar-refractivity contribution < 1.29 is 4.79 Å². The second-order valence-corrected chi connectivity index (χ2v) is 7.14. The Hall–Kier alpha value is -3.02. The van der Waals surface area contributed by atoms with Crippen molar-refractivity contribution in [1.82, 2.24) is 19.7 Å². The number of hydrogen-bond donors (Lipinski definition) is 0. The number of nitrogens with zero attached hydrogens (tertiary/aromatic N) is 4. The third-order valence-corrected chi connectivity index (χ3v) is 5.18. The Morgan fingerprint density at radius 1 is 1.15 bits per heavy atom. The molecule has 0 atom stereocenters. The summed E-state index contributed by atoms with van der Waals surface area (Å²) in [6.07, 6.45) is 3.51. The molecule has 1 fully saturated rings. The maximum Gasteiger partial charge on any atom is 0.266 e. The van der Waals surface area contributed by atoms with Crippen LogP contribution in [0.15, 0.2) is 53.5 Å². The molecule has 0 N–H and O–H groups in total. The van der Waals surface area contributed by atoms with Crippen LogP contribution in [-0.4, -0.2) is 38.7 Å². The summed E-state index contributed by atoms with van der Waals surface area (Å²) >= 11 is 0. The minimum atomic E-state index is -0.0659. The molecule has 1 saturated heterocycles. The number of aromatic nitrogens is 3. The molecule has 3 aromatic rings. The monoisotopic (exact) mass is 362 g/mol. The van der Waals surface area contributed by atoms with Crippen LogP contribution < -0.4 is 5.56 Å². The fourth-order valence-electron chi connectivity index (χ4n) is 3.64. The molecule has 2 aromatic heterocycles. The molecule has 0 saturated carbocycles. The lowest BCUT2D eigenvalue weighted by molar-refractivity contribution is 0.0680. The summed E-state index contributed by atoms with van der Waals surface area (Å²) < 4.78 is 1.55. The minimum absolute atomic E-state index is 0.0602. The number of amides is 1. The van der Waals surface area contributed by atoms with Crippen LogP contribution in [-0.2, 0) is 6.54 Å². The molecule has 0 bridgehead atoms. The number of fused-ring (bicyclic) bond motifs is 1. The summed E-state index contributed by atoms with van der Waals surface area (Å²) in [6.45, 7) is 3.91. The summed E-state index contributed by atoms with van der Waals surface area (Å²) in [5.41, 5.74) is 2.37. The summed E-state index contributed by atoms with van der Waals surface area (Å²) in [5.74, 6) is 0.423. The lowest BCUT2D eigenvalue weighted by Gasteiger charge is -2.32. The number of aryl methyl sites for hydroxylation is 1. The van der Waals surface area contributed by atoms with E-state index in [1.165, 1.54) is 0 Å². The van der Waals surface area contributed by atoms with E-state index in [0.29, 0.717) is 31.1 Å². The number of pyridine rings is 1. The number of carbonyl (C=O) groups excluding carboxylic acids is 1. The highest BCUT2D eigenvalue weighted by atomic mass is 16.2. The van der Waals surface area contributed by atoms with E-state index in [2.05, 4.69) is 10.1 Å². The number of likely N-dealkylation sites (tertiary alicyclic amines) is 1. The minimum Gasteiger partial charge on any atom is -0.339 e. The molecule has 27 heavy (non-hydrogen) atoms. The molecule has 3 heterocycles. The van der Waals surface area contributed by atoms with E-state index < -0.39 is 0 Å². The number of piperidine rings is 1. The molecule has 6 nitrogen and oxygen atoms in total. The largest absolute Gasteiger partial charge is 0.339 e. The molecular weight excluding hydrogens is 340 g/mol. The summed E-state index contributed by atoms with van der Waals surface area (Å²) in [4.78, 5) is 31.0. The molecule has 0 aliphatic carbocycles. The van der Waals surface area contributed by atoms with Gasteiger partial charge in [0.05, 0.1) is 11.2 Å². The highest BCUT2D eigenvalue weighted by Gasteiger charge is 2.24. The van der Waals surface area contributed by atoms with Crippen LogP contribution in [0.3, 0.4) is 0 Å². The van der Waals surface area contributed by atoms with E-state index in [-0.39, 0.29) is 11.5 Å². The van der Waals surface area contributed by atoms with E-state index in [1.807, 2.05) is 42.2 Å². The number of benzene rings is 1. The SMILES string of the molecule is Cc1ccc(=O)n(CC2CCN(C(=O)c3ccc4ncccc4c3)CC2)n1. The van der Waals surface area contributed by atoms with Gasteiger partial charge in [-0.3, -0.25) is 14.6 Å². The van der Waals surface area contributed by atoms with E-state index in [9.17, 15) is 9.59 Å². The first-order valence-corrected chi connectivity index (χ1v) is 9.29. The molecule has 1 amide bonds. The number of carbonyl (C=O) groups is 1. The van der Waals surface area contributed by atoms with Crippen LogP contribution in [0, 0.1) is 12.8 Å². The average molecular weight is 362 g/mol. The number of hydrogen-bond acceptors (Lipinski definition) is 4. The van der Waals surface area contributed by atoms with Gasteiger partial charge in [-0.1, -0.05) is 6.07 Å². The van der Waals surface area contributed by atoms with Gasteiger partial charge in [-0.05, 0) is 56.0 Å². The molecular formula is C21H22N4O2. The van der Waals surface area contributed by atoms with Gasteiger partial charge in [0.1, 0.15) is 0 Å². The zero-order valence-electron chi connectivity index (χ0n) is 15.3. The Morgan fingerprint density at radius 2 is 1.96 bits per heavy atom. The highest BCUT2D eigenvalue weighted by molar-refractivity contribution is 5.97. The second kappa shape index (κ2) is 7.31. The van der Waals surface area contributed by atoms with Gasteiger partial charge in [0.15, 0.2) is 0 Å². The van der Waals surface area contributed by atoms with Gasteiger partial charge in [0.25, 0.3) is 11.5 Å². The normalized spacial score (nSPS) is 15.2. The van der Waals surface area contributed by atoms with Crippen molar-refractivity contribution >= 4 is 16.8 Å². The first kappa shape index (κ1) is 17.4. The predicted molar refractivity (Wildman–Crippen MR) is 104 cm³/mol. The third-order valence-electron chi connectivity index (χ3n) is 5.18. The van der Waals surface area contributed by atoms with Crippen LogP contribution in [0.4, 0.5) is 0 Å². The van der Waals surface area contributed by atoms with Gasteiger partial charge >= 0.3 is 0 Å². The van der Waals surface area contributed by atoms with E-state index >= 15 is 0 Å². The smallest absolute Gasteiger partial charge is 0.266 e. The van der Waals surface area contributed by atoms with Gasteiger partial charge in [-0.15, -0.1) is 0 Å². The van der Waals surface area contributed by atoms with Crippen LogP contribution in [0.5, 0.6) is 0 Å². The van der Waals surface area contributed by atoms with Gasteiger partial charge in [-0.2, -0.15) is 5.10 Å². The molecule has 6 heteroatoms. The molecule has 1 aromatic carbocycles. The van der Waals surface area contributed by atoms with E-state index in [0.717, 1.165) is 29.4 Å². The number of rotatable bonds is 3. The van der Waals surface area contributed by atoms with Gasteiger partial charge in [0.2, 0.25) is 0 Å². The van der Waals surface area contributed by atoms with E-state index in [4.69, 9.17) is 0 Å².